The minimum atomic E-state index is -0.137. The minimum absolute atomic E-state index is 0.137. The van der Waals surface area contributed by atoms with Crippen molar-refractivity contribution < 1.29 is 0 Å². The molecule has 1 heterocycles. The fourth-order valence-electron chi connectivity index (χ4n) is 2.54. The molecular formula is C17H17ClN2. The summed E-state index contributed by atoms with van der Waals surface area (Å²) in [5.74, 6) is 0.890. The molecule has 0 bridgehead atoms. The molecule has 0 saturated carbocycles. The number of benzene rings is 2. The molecule has 0 amide bonds. The molecule has 0 radical (unpaired) electrons. The number of alkyl halides is 1. The van der Waals surface area contributed by atoms with E-state index in [0.717, 1.165) is 22.5 Å². The Bertz CT molecular complexity index is 772. The van der Waals surface area contributed by atoms with Gasteiger partial charge in [0, 0.05) is 0 Å². The Balaban J connectivity index is 2.39. The molecule has 0 saturated heterocycles. The highest BCUT2D eigenvalue weighted by Gasteiger charge is 2.17. The lowest BCUT2D eigenvalue weighted by Gasteiger charge is -2.14. The van der Waals surface area contributed by atoms with Crippen molar-refractivity contribution in [3.8, 4) is 5.69 Å². The maximum absolute atomic E-state index is 6.34. The van der Waals surface area contributed by atoms with Crippen LogP contribution in [0.15, 0.2) is 42.5 Å². The van der Waals surface area contributed by atoms with E-state index in [1.54, 1.807) is 0 Å². The minimum Gasteiger partial charge on any atom is -0.295 e. The van der Waals surface area contributed by atoms with E-state index in [4.69, 9.17) is 16.6 Å². The molecule has 1 unspecified atom stereocenters. The highest BCUT2D eigenvalue weighted by molar-refractivity contribution is 6.20. The van der Waals surface area contributed by atoms with E-state index in [0.29, 0.717) is 0 Å². The molecule has 3 aromatic rings. The fourth-order valence-corrected chi connectivity index (χ4v) is 2.69. The van der Waals surface area contributed by atoms with Crippen molar-refractivity contribution in [2.24, 2.45) is 0 Å². The normalized spacial score (nSPS) is 12.8. The maximum Gasteiger partial charge on any atom is 0.132 e. The second kappa shape index (κ2) is 4.95. The van der Waals surface area contributed by atoms with Gasteiger partial charge in [-0.15, -0.1) is 11.6 Å². The van der Waals surface area contributed by atoms with Crippen LogP contribution in [0.4, 0.5) is 0 Å². The van der Waals surface area contributed by atoms with E-state index in [-0.39, 0.29) is 5.38 Å². The van der Waals surface area contributed by atoms with Crippen LogP contribution >= 0.6 is 11.6 Å². The van der Waals surface area contributed by atoms with Crippen molar-refractivity contribution in [2.45, 2.75) is 26.1 Å². The van der Waals surface area contributed by atoms with E-state index in [9.17, 15) is 0 Å². The van der Waals surface area contributed by atoms with Gasteiger partial charge in [-0.1, -0.05) is 24.3 Å². The summed E-state index contributed by atoms with van der Waals surface area (Å²) in [5, 5.41) is -0.137. The van der Waals surface area contributed by atoms with E-state index in [1.165, 1.54) is 11.1 Å². The summed E-state index contributed by atoms with van der Waals surface area (Å²) in [4.78, 5) is 4.69. The van der Waals surface area contributed by atoms with E-state index in [2.05, 4.69) is 42.7 Å². The van der Waals surface area contributed by atoms with Crippen LogP contribution in [0.1, 0.15) is 29.3 Å². The van der Waals surface area contributed by atoms with Crippen LogP contribution in [-0.2, 0) is 0 Å². The van der Waals surface area contributed by atoms with Gasteiger partial charge >= 0.3 is 0 Å². The monoisotopic (exact) mass is 284 g/mol. The number of aromatic nitrogens is 2. The van der Waals surface area contributed by atoms with Crippen molar-refractivity contribution in [2.75, 3.05) is 0 Å². The Morgan fingerprint density at radius 2 is 1.80 bits per heavy atom. The van der Waals surface area contributed by atoms with Crippen LogP contribution < -0.4 is 0 Å². The first kappa shape index (κ1) is 13.2. The number of para-hydroxylation sites is 2. The molecule has 0 fully saturated rings. The number of imidazole rings is 1. The molecule has 0 aliphatic carbocycles. The number of aryl methyl sites for hydroxylation is 1. The van der Waals surface area contributed by atoms with Crippen LogP contribution in [0.25, 0.3) is 16.7 Å². The van der Waals surface area contributed by atoms with E-state index >= 15 is 0 Å². The lowest BCUT2D eigenvalue weighted by molar-refractivity contribution is 0.877. The third-order valence-electron chi connectivity index (χ3n) is 3.76. The first-order chi connectivity index (χ1) is 9.59. The van der Waals surface area contributed by atoms with Crippen LogP contribution in [0.5, 0.6) is 0 Å². The molecule has 102 valence electrons. The van der Waals surface area contributed by atoms with Gasteiger partial charge in [-0.25, -0.2) is 4.98 Å². The Hall–Kier alpha value is -1.80. The van der Waals surface area contributed by atoms with Gasteiger partial charge in [-0.05, 0) is 50.1 Å². The van der Waals surface area contributed by atoms with Crippen LogP contribution in [0.2, 0.25) is 0 Å². The molecule has 2 aromatic carbocycles. The van der Waals surface area contributed by atoms with Crippen LogP contribution in [-0.4, -0.2) is 9.55 Å². The van der Waals surface area contributed by atoms with E-state index < -0.39 is 0 Å². The number of fused-ring (bicyclic) bond motifs is 1. The van der Waals surface area contributed by atoms with Gasteiger partial charge in [0.05, 0.1) is 22.1 Å². The first-order valence-electron chi connectivity index (χ1n) is 6.77. The third kappa shape index (κ3) is 2.01. The highest BCUT2D eigenvalue weighted by Crippen LogP contribution is 2.30. The van der Waals surface area contributed by atoms with Crippen LogP contribution in [0, 0.1) is 13.8 Å². The van der Waals surface area contributed by atoms with Gasteiger partial charge in [-0.3, -0.25) is 4.57 Å². The summed E-state index contributed by atoms with van der Waals surface area (Å²) >= 11 is 6.34. The molecule has 0 spiro atoms. The van der Waals surface area contributed by atoms with Gasteiger partial charge < -0.3 is 0 Å². The summed E-state index contributed by atoms with van der Waals surface area (Å²) in [6, 6.07) is 14.5. The van der Waals surface area contributed by atoms with Gasteiger partial charge in [0.1, 0.15) is 5.82 Å². The molecule has 0 aliphatic heterocycles. The third-order valence-corrected chi connectivity index (χ3v) is 3.95. The molecule has 2 nitrogen and oxygen atoms in total. The lowest BCUT2D eigenvalue weighted by atomic mass is 10.1. The van der Waals surface area contributed by atoms with Gasteiger partial charge in [0.2, 0.25) is 0 Å². The molecular weight excluding hydrogens is 268 g/mol. The number of halogens is 1. The van der Waals surface area contributed by atoms with Crippen molar-refractivity contribution in [1.82, 2.24) is 9.55 Å². The number of rotatable bonds is 2. The summed E-state index contributed by atoms with van der Waals surface area (Å²) in [6.45, 7) is 6.23. The van der Waals surface area contributed by atoms with Crippen molar-refractivity contribution in [3.05, 3.63) is 59.4 Å². The Morgan fingerprint density at radius 1 is 1.05 bits per heavy atom. The molecule has 3 heteroatoms. The van der Waals surface area contributed by atoms with Crippen molar-refractivity contribution >= 4 is 22.6 Å². The largest absolute Gasteiger partial charge is 0.295 e. The van der Waals surface area contributed by atoms with E-state index in [1.807, 2.05) is 25.1 Å². The first-order valence-corrected chi connectivity index (χ1v) is 7.21. The summed E-state index contributed by atoms with van der Waals surface area (Å²) < 4.78 is 2.18. The Labute approximate surface area is 124 Å². The highest BCUT2D eigenvalue weighted by atomic mass is 35.5. The lowest BCUT2D eigenvalue weighted by Crippen LogP contribution is -2.04. The summed E-state index contributed by atoms with van der Waals surface area (Å²) in [5.41, 5.74) is 5.77. The average Bonchev–Trinajstić information content (AvgIpc) is 2.81. The second-order valence-electron chi connectivity index (χ2n) is 5.13. The molecule has 0 N–H and O–H groups in total. The Morgan fingerprint density at radius 3 is 2.55 bits per heavy atom. The maximum atomic E-state index is 6.34. The van der Waals surface area contributed by atoms with Crippen molar-refractivity contribution in [1.29, 1.82) is 0 Å². The average molecular weight is 285 g/mol. The molecule has 20 heavy (non-hydrogen) atoms. The predicted molar refractivity (Wildman–Crippen MR) is 84.8 cm³/mol. The zero-order chi connectivity index (χ0) is 14.3. The fraction of sp³-hybridized carbons (Fsp3) is 0.235. The second-order valence-corrected chi connectivity index (χ2v) is 5.78. The van der Waals surface area contributed by atoms with Gasteiger partial charge in [0.25, 0.3) is 0 Å². The number of hydrogen-bond acceptors (Lipinski definition) is 1. The number of hydrogen-bond donors (Lipinski definition) is 0. The van der Waals surface area contributed by atoms with Gasteiger partial charge in [-0.2, -0.15) is 0 Å². The number of nitrogens with zero attached hydrogens (tertiary/aromatic N) is 2. The standard InChI is InChI=1S/C17H17ClN2/c1-11-7-6-10-15(12(11)2)20-16-9-5-4-8-14(16)19-17(20)13(3)18/h4-10,13H,1-3H3. The molecule has 0 aliphatic rings. The smallest absolute Gasteiger partial charge is 0.132 e. The quantitative estimate of drug-likeness (QED) is 0.609. The Kier molecular flexibility index (Phi) is 3.27. The summed E-state index contributed by atoms with van der Waals surface area (Å²) in [7, 11) is 0. The zero-order valence-electron chi connectivity index (χ0n) is 11.9. The van der Waals surface area contributed by atoms with Crippen molar-refractivity contribution in [3.63, 3.8) is 0 Å². The molecule has 1 atom stereocenters. The topological polar surface area (TPSA) is 17.8 Å². The SMILES string of the molecule is Cc1cccc(-n2c(C(C)Cl)nc3ccccc32)c1C. The summed E-state index contributed by atoms with van der Waals surface area (Å²) in [6.07, 6.45) is 0. The molecule has 3 rings (SSSR count). The van der Waals surface area contributed by atoms with Gasteiger partial charge in [0.15, 0.2) is 0 Å². The predicted octanol–water partition coefficient (Wildman–Crippen LogP) is 4.94. The molecule has 1 aromatic heterocycles. The zero-order valence-corrected chi connectivity index (χ0v) is 12.6. The van der Waals surface area contributed by atoms with Crippen LogP contribution in [0.3, 0.4) is 0 Å².